The van der Waals surface area contributed by atoms with Crippen LogP contribution >= 0.6 is 0 Å². The molecule has 0 spiro atoms. The molecule has 0 atom stereocenters. The molecule has 0 bridgehead atoms. The summed E-state index contributed by atoms with van der Waals surface area (Å²) >= 11 is 0. The van der Waals surface area contributed by atoms with E-state index in [1.807, 2.05) is 20.2 Å². The van der Waals surface area contributed by atoms with Crippen LogP contribution in [0.3, 0.4) is 0 Å². The number of oxazole rings is 1. The number of hydrogen-bond acceptors (Lipinski definition) is 4. The minimum absolute atomic E-state index is 0.719. The molecule has 0 aromatic carbocycles. The summed E-state index contributed by atoms with van der Waals surface area (Å²) in [4.78, 5) is 4.21. The molecule has 0 aliphatic carbocycles. The lowest BCUT2D eigenvalue weighted by molar-refractivity contribution is 0.569. The van der Waals surface area contributed by atoms with Crippen molar-refractivity contribution < 1.29 is 4.42 Å². The van der Waals surface area contributed by atoms with Gasteiger partial charge in [0, 0.05) is 19.8 Å². The highest BCUT2D eigenvalue weighted by atomic mass is 16.3. The van der Waals surface area contributed by atoms with Crippen molar-refractivity contribution in [1.82, 2.24) is 20.1 Å². The number of aryl methyl sites for hydroxylation is 2. The van der Waals surface area contributed by atoms with E-state index < -0.39 is 0 Å². The Balaban J connectivity index is 2.33. The Hall–Kier alpha value is -1.62. The number of aromatic nitrogens is 3. The van der Waals surface area contributed by atoms with Crippen molar-refractivity contribution in [2.24, 2.45) is 7.05 Å². The number of nitrogens with one attached hydrogen (secondary N) is 1. The maximum absolute atomic E-state index is 5.44. The molecular formula is C11H16N4O. The predicted molar refractivity (Wildman–Crippen MR) is 60.8 cm³/mol. The summed E-state index contributed by atoms with van der Waals surface area (Å²) in [6.45, 7) is 5.67. The molecule has 86 valence electrons. The van der Waals surface area contributed by atoms with Gasteiger partial charge in [-0.1, -0.05) is 6.92 Å². The molecule has 0 unspecified atom stereocenters. The lowest BCUT2D eigenvalue weighted by Gasteiger charge is -2.00. The largest absolute Gasteiger partial charge is 0.443 e. The summed E-state index contributed by atoms with van der Waals surface area (Å²) in [6, 6.07) is 0. The van der Waals surface area contributed by atoms with Crippen LogP contribution in [0, 0.1) is 6.92 Å². The van der Waals surface area contributed by atoms with Crippen LogP contribution in [-0.4, -0.2) is 21.3 Å². The van der Waals surface area contributed by atoms with Crippen LogP contribution in [0.4, 0.5) is 0 Å². The monoisotopic (exact) mass is 220 g/mol. The molecule has 2 heterocycles. The lowest BCUT2D eigenvalue weighted by Crippen LogP contribution is -2.12. The fraction of sp³-hybridized carbons (Fsp3) is 0.455. The average Bonchev–Trinajstić information content (AvgIpc) is 2.81. The zero-order valence-electron chi connectivity index (χ0n) is 9.82. The molecule has 2 aromatic rings. The quantitative estimate of drug-likeness (QED) is 0.848. The minimum atomic E-state index is 0.719. The SMILES string of the molecule is CCNCc1ncoc1-c1cn(C)nc1C. The zero-order chi connectivity index (χ0) is 11.5. The van der Waals surface area contributed by atoms with Gasteiger partial charge >= 0.3 is 0 Å². The maximum atomic E-state index is 5.44. The van der Waals surface area contributed by atoms with Crippen LogP contribution in [0.2, 0.25) is 0 Å². The van der Waals surface area contributed by atoms with E-state index in [1.54, 1.807) is 4.68 Å². The van der Waals surface area contributed by atoms with Crippen molar-refractivity contribution in [1.29, 1.82) is 0 Å². The molecule has 0 saturated carbocycles. The second kappa shape index (κ2) is 4.49. The summed E-state index contributed by atoms with van der Waals surface area (Å²) in [5.41, 5.74) is 2.89. The fourth-order valence-electron chi connectivity index (χ4n) is 1.68. The van der Waals surface area contributed by atoms with Gasteiger partial charge in [-0.15, -0.1) is 0 Å². The first-order valence-corrected chi connectivity index (χ1v) is 5.36. The Morgan fingerprint density at radius 2 is 2.31 bits per heavy atom. The molecule has 0 amide bonds. The van der Waals surface area contributed by atoms with Gasteiger partial charge in [0.25, 0.3) is 0 Å². The van der Waals surface area contributed by atoms with E-state index in [1.165, 1.54) is 6.39 Å². The predicted octanol–water partition coefficient (Wildman–Crippen LogP) is 1.49. The molecule has 0 fully saturated rings. The van der Waals surface area contributed by atoms with Crippen molar-refractivity contribution in [3.05, 3.63) is 24.0 Å². The highest BCUT2D eigenvalue weighted by Gasteiger charge is 2.14. The third-order valence-electron chi connectivity index (χ3n) is 2.44. The highest BCUT2D eigenvalue weighted by molar-refractivity contribution is 5.61. The summed E-state index contributed by atoms with van der Waals surface area (Å²) in [7, 11) is 1.90. The van der Waals surface area contributed by atoms with Gasteiger partial charge in [0.05, 0.1) is 11.3 Å². The Morgan fingerprint density at radius 1 is 1.50 bits per heavy atom. The van der Waals surface area contributed by atoms with E-state index in [0.717, 1.165) is 35.8 Å². The summed E-state index contributed by atoms with van der Waals surface area (Å²) in [5, 5.41) is 7.53. The average molecular weight is 220 g/mol. The normalized spacial score (nSPS) is 10.9. The molecule has 2 aromatic heterocycles. The summed E-state index contributed by atoms with van der Waals surface area (Å²) in [5.74, 6) is 0.812. The Kier molecular flexibility index (Phi) is 3.05. The Morgan fingerprint density at radius 3 is 2.94 bits per heavy atom. The second-order valence-corrected chi connectivity index (χ2v) is 3.71. The van der Waals surface area contributed by atoms with Gasteiger partial charge < -0.3 is 9.73 Å². The number of rotatable bonds is 4. The van der Waals surface area contributed by atoms with Gasteiger partial charge in [-0.05, 0) is 13.5 Å². The summed E-state index contributed by atoms with van der Waals surface area (Å²) < 4.78 is 7.22. The first kappa shape index (κ1) is 10.9. The van der Waals surface area contributed by atoms with Crippen LogP contribution in [0.15, 0.2) is 17.0 Å². The van der Waals surface area contributed by atoms with E-state index in [4.69, 9.17) is 4.42 Å². The molecule has 0 aliphatic heterocycles. The van der Waals surface area contributed by atoms with Crippen molar-refractivity contribution >= 4 is 0 Å². The molecular weight excluding hydrogens is 204 g/mol. The van der Waals surface area contributed by atoms with Crippen LogP contribution < -0.4 is 5.32 Å². The van der Waals surface area contributed by atoms with Crippen LogP contribution in [0.5, 0.6) is 0 Å². The van der Waals surface area contributed by atoms with Crippen molar-refractivity contribution in [3.63, 3.8) is 0 Å². The fourth-order valence-corrected chi connectivity index (χ4v) is 1.68. The van der Waals surface area contributed by atoms with Gasteiger partial charge in [0.15, 0.2) is 12.2 Å². The van der Waals surface area contributed by atoms with E-state index >= 15 is 0 Å². The van der Waals surface area contributed by atoms with Crippen LogP contribution in [-0.2, 0) is 13.6 Å². The third kappa shape index (κ3) is 1.99. The van der Waals surface area contributed by atoms with Crippen molar-refractivity contribution in [3.8, 4) is 11.3 Å². The van der Waals surface area contributed by atoms with Crippen LogP contribution in [0.1, 0.15) is 18.3 Å². The standard InChI is InChI=1S/C11H16N4O/c1-4-12-5-10-11(16-7-13-10)9-6-15(3)14-8(9)2/h6-7,12H,4-5H2,1-3H3. The lowest BCUT2D eigenvalue weighted by atomic mass is 10.2. The molecule has 5 heteroatoms. The van der Waals surface area contributed by atoms with E-state index in [-0.39, 0.29) is 0 Å². The van der Waals surface area contributed by atoms with Gasteiger partial charge in [0.1, 0.15) is 5.69 Å². The second-order valence-electron chi connectivity index (χ2n) is 3.71. The Bertz CT molecular complexity index is 472. The smallest absolute Gasteiger partial charge is 0.181 e. The molecule has 16 heavy (non-hydrogen) atoms. The maximum Gasteiger partial charge on any atom is 0.181 e. The summed E-state index contributed by atoms with van der Waals surface area (Å²) in [6.07, 6.45) is 3.43. The molecule has 0 radical (unpaired) electrons. The van der Waals surface area contributed by atoms with Crippen molar-refractivity contribution in [2.75, 3.05) is 6.54 Å². The highest BCUT2D eigenvalue weighted by Crippen LogP contribution is 2.25. The molecule has 0 aliphatic rings. The third-order valence-corrected chi connectivity index (χ3v) is 2.44. The number of hydrogen-bond donors (Lipinski definition) is 1. The minimum Gasteiger partial charge on any atom is -0.443 e. The van der Waals surface area contributed by atoms with Crippen LogP contribution in [0.25, 0.3) is 11.3 Å². The first-order chi connectivity index (χ1) is 7.72. The van der Waals surface area contributed by atoms with Crippen molar-refractivity contribution in [2.45, 2.75) is 20.4 Å². The molecule has 1 N–H and O–H groups in total. The van der Waals surface area contributed by atoms with Gasteiger partial charge in [-0.3, -0.25) is 4.68 Å². The molecule has 0 saturated heterocycles. The van der Waals surface area contributed by atoms with Gasteiger partial charge in [0.2, 0.25) is 0 Å². The molecule has 2 rings (SSSR count). The zero-order valence-corrected chi connectivity index (χ0v) is 9.82. The first-order valence-electron chi connectivity index (χ1n) is 5.36. The van der Waals surface area contributed by atoms with E-state index in [9.17, 15) is 0 Å². The Labute approximate surface area is 94.5 Å². The van der Waals surface area contributed by atoms with E-state index in [0.29, 0.717) is 0 Å². The molecule has 5 nitrogen and oxygen atoms in total. The van der Waals surface area contributed by atoms with Gasteiger partial charge in [-0.2, -0.15) is 5.10 Å². The van der Waals surface area contributed by atoms with E-state index in [2.05, 4.69) is 22.3 Å². The topological polar surface area (TPSA) is 55.9 Å². The van der Waals surface area contributed by atoms with Gasteiger partial charge in [-0.25, -0.2) is 4.98 Å². The number of nitrogens with zero attached hydrogens (tertiary/aromatic N) is 3.